The minimum absolute atomic E-state index is 0.200. The van der Waals surface area contributed by atoms with Crippen LogP contribution in [-0.4, -0.2) is 36.6 Å². The van der Waals surface area contributed by atoms with Crippen molar-refractivity contribution in [2.75, 3.05) is 6.54 Å². The fraction of sp³-hybridized carbons (Fsp3) is 0.0667. The van der Waals surface area contributed by atoms with Gasteiger partial charge >= 0.3 is 14.0 Å². The molecule has 0 atom stereocenters. The standard InChI is InChI=1S/C15H12BN3O4/c16-23-13(21)8-19-15(22)14-12(20)5-11(7-18-14)10-3-1-2-9(4-10)6-17/h1-5,7,20H,8,16H2,(H,19,22). The average Bonchev–Trinajstić information content (AvgIpc) is 2.59. The number of aromatic hydroxyl groups is 1. The Kier molecular flexibility index (Phi) is 4.94. The summed E-state index contributed by atoms with van der Waals surface area (Å²) < 4.78 is 4.40. The van der Waals surface area contributed by atoms with E-state index in [0.29, 0.717) is 16.7 Å². The number of hydrogen-bond acceptors (Lipinski definition) is 6. The Morgan fingerprint density at radius 2 is 2.13 bits per heavy atom. The topological polar surface area (TPSA) is 112 Å². The van der Waals surface area contributed by atoms with Gasteiger partial charge in [-0.2, -0.15) is 5.26 Å². The Hall–Kier alpha value is -3.34. The molecule has 0 aliphatic carbocycles. The first-order valence-electron chi connectivity index (χ1n) is 6.59. The Morgan fingerprint density at radius 1 is 1.35 bits per heavy atom. The van der Waals surface area contributed by atoms with E-state index in [1.807, 2.05) is 6.07 Å². The highest BCUT2D eigenvalue weighted by molar-refractivity contribution is 6.06. The Morgan fingerprint density at radius 3 is 2.78 bits per heavy atom. The zero-order valence-corrected chi connectivity index (χ0v) is 12.2. The fourth-order valence-corrected chi connectivity index (χ4v) is 1.86. The molecule has 114 valence electrons. The van der Waals surface area contributed by atoms with Gasteiger partial charge in [0.25, 0.3) is 5.91 Å². The Labute approximate surface area is 133 Å². The number of hydrogen-bond donors (Lipinski definition) is 2. The molecule has 0 bridgehead atoms. The van der Waals surface area contributed by atoms with Crippen LogP contribution in [0.25, 0.3) is 11.1 Å². The maximum absolute atomic E-state index is 11.8. The highest BCUT2D eigenvalue weighted by atomic mass is 16.5. The molecule has 0 saturated carbocycles. The number of pyridine rings is 1. The van der Waals surface area contributed by atoms with E-state index in [-0.39, 0.29) is 18.0 Å². The highest BCUT2D eigenvalue weighted by Crippen LogP contribution is 2.25. The fourth-order valence-electron chi connectivity index (χ4n) is 1.86. The van der Waals surface area contributed by atoms with Crippen LogP contribution in [0.2, 0.25) is 0 Å². The van der Waals surface area contributed by atoms with Gasteiger partial charge in [0.05, 0.1) is 11.6 Å². The van der Waals surface area contributed by atoms with Crippen LogP contribution in [-0.2, 0) is 9.45 Å². The third-order valence-electron chi connectivity index (χ3n) is 3.03. The molecular formula is C15H12BN3O4. The number of carbonyl (C=O) groups excluding carboxylic acids is 2. The normalized spacial score (nSPS) is 9.70. The number of aromatic nitrogens is 1. The summed E-state index contributed by atoms with van der Waals surface area (Å²) >= 11 is 0. The molecule has 23 heavy (non-hydrogen) atoms. The van der Waals surface area contributed by atoms with Crippen LogP contribution in [0.5, 0.6) is 5.75 Å². The zero-order valence-electron chi connectivity index (χ0n) is 12.2. The predicted molar refractivity (Wildman–Crippen MR) is 83.0 cm³/mol. The lowest BCUT2D eigenvalue weighted by atomic mass is 10.0. The molecule has 0 aliphatic rings. The van der Waals surface area contributed by atoms with Crippen molar-refractivity contribution >= 4 is 19.9 Å². The summed E-state index contributed by atoms with van der Waals surface area (Å²) in [6.07, 6.45) is 1.41. The van der Waals surface area contributed by atoms with Gasteiger partial charge in [0.2, 0.25) is 0 Å². The molecule has 2 rings (SSSR count). The van der Waals surface area contributed by atoms with Crippen LogP contribution in [0.1, 0.15) is 16.1 Å². The summed E-state index contributed by atoms with van der Waals surface area (Å²) in [5, 5.41) is 21.2. The van der Waals surface area contributed by atoms with E-state index in [1.165, 1.54) is 20.3 Å². The molecular weight excluding hydrogens is 297 g/mol. The molecule has 0 unspecified atom stereocenters. The molecule has 0 fully saturated rings. The smallest absolute Gasteiger partial charge is 0.326 e. The molecule has 7 nitrogen and oxygen atoms in total. The summed E-state index contributed by atoms with van der Waals surface area (Å²) in [5.41, 5.74) is 1.52. The van der Waals surface area contributed by atoms with Gasteiger partial charge in [-0.25, -0.2) is 4.98 Å². The minimum Gasteiger partial charge on any atom is -0.542 e. The lowest BCUT2D eigenvalue weighted by molar-refractivity contribution is -0.132. The summed E-state index contributed by atoms with van der Waals surface area (Å²) in [7, 11) is 1.20. The van der Waals surface area contributed by atoms with E-state index >= 15 is 0 Å². The molecule has 2 aromatic rings. The number of amides is 1. The van der Waals surface area contributed by atoms with Gasteiger partial charge in [-0.05, 0) is 23.8 Å². The van der Waals surface area contributed by atoms with Gasteiger partial charge in [0.1, 0.15) is 12.3 Å². The second-order valence-corrected chi connectivity index (χ2v) is 4.54. The van der Waals surface area contributed by atoms with Crippen LogP contribution in [0.3, 0.4) is 0 Å². The maximum Gasteiger partial charge on any atom is 0.326 e. The van der Waals surface area contributed by atoms with Crippen LogP contribution < -0.4 is 5.32 Å². The monoisotopic (exact) mass is 309 g/mol. The van der Waals surface area contributed by atoms with Crippen LogP contribution in [0.4, 0.5) is 0 Å². The van der Waals surface area contributed by atoms with Gasteiger partial charge < -0.3 is 15.1 Å². The number of nitriles is 1. The minimum atomic E-state index is -0.690. The summed E-state index contributed by atoms with van der Waals surface area (Å²) in [4.78, 5) is 26.8. The Balaban J connectivity index is 2.22. The average molecular weight is 309 g/mol. The molecule has 1 heterocycles. The van der Waals surface area contributed by atoms with E-state index in [9.17, 15) is 14.7 Å². The van der Waals surface area contributed by atoms with E-state index in [2.05, 4.69) is 15.0 Å². The molecule has 0 saturated heterocycles. The molecule has 1 amide bonds. The van der Waals surface area contributed by atoms with Crippen molar-refractivity contribution in [3.05, 3.63) is 47.8 Å². The van der Waals surface area contributed by atoms with E-state index < -0.39 is 11.9 Å². The highest BCUT2D eigenvalue weighted by Gasteiger charge is 2.15. The second-order valence-electron chi connectivity index (χ2n) is 4.54. The molecule has 0 radical (unpaired) electrons. The van der Waals surface area contributed by atoms with Crippen molar-refractivity contribution in [1.82, 2.24) is 10.3 Å². The lowest BCUT2D eigenvalue weighted by Crippen LogP contribution is -2.30. The Bertz CT molecular complexity index is 802. The lowest BCUT2D eigenvalue weighted by Gasteiger charge is -2.07. The van der Waals surface area contributed by atoms with Crippen LogP contribution in [0, 0.1) is 11.3 Å². The molecule has 8 heteroatoms. The predicted octanol–water partition coefficient (Wildman–Crippen LogP) is 0.147. The SMILES string of the molecule is BOC(=O)CNC(=O)c1ncc(-c2cccc(C#N)c2)cc1O. The second kappa shape index (κ2) is 7.09. The van der Waals surface area contributed by atoms with Gasteiger partial charge in [-0.1, -0.05) is 12.1 Å². The quantitative estimate of drug-likeness (QED) is 0.777. The van der Waals surface area contributed by atoms with E-state index in [1.54, 1.807) is 24.3 Å². The van der Waals surface area contributed by atoms with Gasteiger partial charge in [-0.15, -0.1) is 0 Å². The van der Waals surface area contributed by atoms with Crippen molar-refractivity contribution in [1.29, 1.82) is 5.26 Å². The first kappa shape index (κ1) is 16.0. The number of rotatable bonds is 4. The largest absolute Gasteiger partial charge is 0.542 e. The number of nitrogens with zero attached hydrogens (tertiary/aromatic N) is 2. The molecule has 0 spiro atoms. The number of benzene rings is 1. The van der Waals surface area contributed by atoms with Gasteiger partial charge in [0.15, 0.2) is 5.69 Å². The third kappa shape index (κ3) is 3.86. The number of carbonyl (C=O) groups is 2. The van der Waals surface area contributed by atoms with Crippen molar-refractivity contribution in [3.8, 4) is 22.9 Å². The molecule has 2 N–H and O–H groups in total. The molecule has 1 aromatic heterocycles. The van der Waals surface area contributed by atoms with Gasteiger partial charge in [0, 0.05) is 11.8 Å². The van der Waals surface area contributed by atoms with Crippen molar-refractivity contribution < 1.29 is 19.3 Å². The molecule has 1 aromatic carbocycles. The van der Waals surface area contributed by atoms with Crippen LogP contribution in [0.15, 0.2) is 36.5 Å². The number of nitrogens with one attached hydrogen (secondary N) is 1. The molecule has 0 aliphatic heterocycles. The summed E-state index contributed by atoms with van der Waals surface area (Å²) in [5.74, 6) is -1.62. The van der Waals surface area contributed by atoms with Crippen molar-refractivity contribution in [2.24, 2.45) is 0 Å². The third-order valence-corrected chi connectivity index (χ3v) is 3.03. The first-order valence-corrected chi connectivity index (χ1v) is 6.59. The first-order chi connectivity index (χ1) is 11.0. The summed E-state index contributed by atoms with van der Waals surface area (Å²) in [6, 6.07) is 10.2. The van der Waals surface area contributed by atoms with Gasteiger partial charge in [-0.3, -0.25) is 9.59 Å². The van der Waals surface area contributed by atoms with E-state index in [0.717, 1.165) is 0 Å². The van der Waals surface area contributed by atoms with Crippen molar-refractivity contribution in [3.63, 3.8) is 0 Å². The summed E-state index contributed by atoms with van der Waals surface area (Å²) in [6.45, 7) is -0.317. The van der Waals surface area contributed by atoms with Crippen LogP contribution >= 0.6 is 0 Å². The van der Waals surface area contributed by atoms with E-state index in [4.69, 9.17) is 5.26 Å². The van der Waals surface area contributed by atoms with Crippen molar-refractivity contribution in [2.45, 2.75) is 0 Å². The zero-order chi connectivity index (χ0) is 16.8. The maximum atomic E-state index is 11.8.